The Morgan fingerprint density at radius 1 is 1.07 bits per heavy atom. The third-order valence-electron chi connectivity index (χ3n) is 5.03. The SMILES string of the molecule is Cc1cc(C)nc(N2CCN(c3cccc(S(C)(=O)=O)c3)C[C@H]2C(C)C)n1. The highest BCUT2D eigenvalue weighted by Gasteiger charge is 2.31. The van der Waals surface area contributed by atoms with Crippen molar-refractivity contribution in [1.29, 1.82) is 0 Å². The molecule has 1 fully saturated rings. The largest absolute Gasteiger partial charge is 0.368 e. The van der Waals surface area contributed by atoms with E-state index in [1.807, 2.05) is 32.0 Å². The second-order valence-electron chi connectivity index (χ2n) is 7.67. The van der Waals surface area contributed by atoms with Crippen molar-refractivity contribution in [3.05, 3.63) is 41.7 Å². The number of rotatable bonds is 4. The van der Waals surface area contributed by atoms with E-state index in [4.69, 9.17) is 0 Å². The van der Waals surface area contributed by atoms with Crippen LogP contribution >= 0.6 is 0 Å². The van der Waals surface area contributed by atoms with E-state index < -0.39 is 9.84 Å². The van der Waals surface area contributed by atoms with E-state index >= 15 is 0 Å². The Hall–Kier alpha value is -2.15. The molecule has 0 radical (unpaired) electrons. The van der Waals surface area contributed by atoms with Crippen molar-refractivity contribution >= 4 is 21.5 Å². The first-order valence-electron chi connectivity index (χ1n) is 9.29. The van der Waals surface area contributed by atoms with Crippen molar-refractivity contribution in [1.82, 2.24) is 9.97 Å². The summed E-state index contributed by atoms with van der Waals surface area (Å²) in [4.78, 5) is 14.2. The van der Waals surface area contributed by atoms with Crippen LogP contribution in [0.4, 0.5) is 11.6 Å². The number of anilines is 2. The fourth-order valence-corrected chi connectivity index (χ4v) is 4.27. The summed E-state index contributed by atoms with van der Waals surface area (Å²) in [6.07, 6.45) is 1.25. The molecule has 7 heteroatoms. The van der Waals surface area contributed by atoms with E-state index in [0.717, 1.165) is 42.7 Å². The van der Waals surface area contributed by atoms with E-state index in [1.165, 1.54) is 6.26 Å². The normalized spacial score (nSPS) is 18.2. The Morgan fingerprint density at radius 3 is 2.33 bits per heavy atom. The predicted octanol–water partition coefficient (Wildman–Crippen LogP) is 2.85. The Bertz CT molecular complexity index is 907. The molecule has 146 valence electrons. The molecule has 0 N–H and O–H groups in total. The van der Waals surface area contributed by atoms with Crippen LogP contribution in [0.15, 0.2) is 35.2 Å². The number of hydrogen-bond acceptors (Lipinski definition) is 6. The molecule has 0 saturated carbocycles. The maximum atomic E-state index is 11.9. The second-order valence-corrected chi connectivity index (χ2v) is 9.69. The summed E-state index contributed by atoms with van der Waals surface area (Å²) >= 11 is 0. The molecule has 2 aromatic rings. The summed E-state index contributed by atoms with van der Waals surface area (Å²) in [6, 6.07) is 9.46. The van der Waals surface area contributed by atoms with Crippen LogP contribution in [0.1, 0.15) is 25.2 Å². The van der Waals surface area contributed by atoms with E-state index in [1.54, 1.807) is 12.1 Å². The van der Waals surface area contributed by atoms with Gasteiger partial charge in [-0.05, 0) is 44.0 Å². The van der Waals surface area contributed by atoms with Crippen LogP contribution in [-0.4, -0.2) is 50.3 Å². The van der Waals surface area contributed by atoms with Gasteiger partial charge in [-0.1, -0.05) is 19.9 Å². The molecule has 1 aliphatic heterocycles. The van der Waals surface area contributed by atoms with Gasteiger partial charge in [0.2, 0.25) is 5.95 Å². The monoisotopic (exact) mass is 388 g/mol. The molecule has 6 nitrogen and oxygen atoms in total. The highest BCUT2D eigenvalue weighted by Crippen LogP contribution is 2.27. The van der Waals surface area contributed by atoms with Gasteiger partial charge in [-0.3, -0.25) is 0 Å². The van der Waals surface area contributed by atoms with Gasteiger partial charge in [-0.15, -0.1) is 0 Å². The van der Waals surface area contributed by atoms with E-state index in [-0.39, 0.29) is 6.04 Å². The number of aromatic nitrogens is 2. The van der Waals surface area contributed by atoms with Crippen LogP contribution in [0.5, 0.6) is 0 Å². The lowest BCUT2D eigenvalue weighted by Gasteiger charge is -2.44. The van der Waals surface area contributed by atoms with Crippen LogP contribution in [0, 0.1) is 19.8 Å². The number of aryl methyl sites for hydroxylation is 2. The van der Waals surface area contributed by atoms with Crippen molar-refractivity contribution in [2.75, 3.05) is 35.7 Å². The minimum atomic E-state index is -3.21. The fourth-order valence-electron chi connectivity index (χ4n) is 3.61. The van der Waals surface area contributed by atoms with Crippen molar-refractivity contribution in [2.24, 2.45) is 5.92 Å². The van der Waals surface area contributed by atoms with Crippen molar-refractivity contribution < 1.29 is 8.42 Å². The topological polar surface area (TPSA) is 66.4 Å². The van der Waals surface area contributed by atoms with Crippen LogP contribution in [0.25, 0.3) is 0 Å². The first-order chi connectivity index (χ1) is 12.6. The van der Waals surface area contributed by atoms with Crippen molar-refractivity contribution in [2.45, 2.75) is 38.6 Å². The minimum absolute atomic E-state index is 0.252. The zero-order chi connectivity index (χ0) is 19.8. The summed E-state index contributed by atoms with van der Waals surface area (Å²) in [5.41, 5.74) is 2.90. The molecule has 0 unspecified atom stereocenters. The summed E-state index contributed by atoms with van der Waals surface area (Å²) in [7, 11) is -3.21. The standard InChI is InChI=1S/C20H28N4O2S/c1-14(2)19-13-23(17-7-6-8-18(12-17)27(5,25)26)9-10-24(19)20-21-15(3)11-16(4)22-20/h6-8,11-12,14,19H,9-10,13H2,1-5H3/t19-/m0/s1. The van der Waals surface area contributed by atoms with Gasteiger partial charge in [-0.25, -0.2) is 18.4 Å². The Morgan fingerprint density at radius 2 is 1.74 bits per heavy atom. The van der Waals surface area contributed by atoms with Gasteiger partial charge in [-0.2, -0.15) is 0 Å². The second kappa shape index (κ2) is 7.46. The molecule has 27 heavy (non-hydrogen) atoms. The van der Waals surface area contributed by atoms with E-state index in [9.17, 15) is 8.42 Å². The van der Waals surface area contributed by atoms with Gasteiger partial charge in [0.05, 0.1) is 10.9 Å². The summed E-state index contributed by atoms with van der Waals surface area (Å²) in [6.45, 7) is 10.8. The highest BCUT2D eigenvalue weighted by atomic mass is 32.2. The smallest absolute Gasteiger partial charge is 0.226 e. The van der Waals surface area contributed by atoms with Crippen molar-refractivity contribution in [3.8, 4) is 0 Å². The van der Waals surface area contributed by atoms with E-state index in [0.29, 0.717) is 10.8 Å². The molecule has 2 heterocycles. The molecule has 0 amide bonds. The molecule has 0 aliphatic carbocycles. The maximum Gasteiger partial charge on any atom is 0.226 e. The molecular weight excluding hydrogens is 360 g/mol. The Balaban J connectivity index is 1.88. The minimum Gasteiger partial charge on any atom is -0.368 e. The zero-order valence-corrected chi connectivity index (χ0v) is 17.5. The first kappa shape index (κ1) is 19.6. The number of piperazine rings is 1. The van der Waals surface area contributed by atoms with Gasteiger partial charge in [0.1, 0.15) is 0 Å². The molecule has 0 spiro atoms. The molecule has 1 atom stereocenters. The lowest BCUT2D eigenvalue weighted by atomic mass is 9.99. The Labute approximate surface area is 162 Å². The summed E-state index contributed by atoms with van der Waals surface area (Å²) in [5, 5.41) is 0. The summed E-state index contributed by atoms with van der Waals surface area (Å²) in [5.74, 6) is 1.20. The molecule has 1 saturated heterocycles. The lowest BCUT2D eigenvalue weighted by molar-refractivity contribution is 0.413. The number of benzene rings is 1. The van der Waals surface area contributed by atoms with Crippen LogP contribution in [0.2, 0.25) is 0 Å². The van der Waals surface area contributed by atoms with Crippen LogP contribution in [-0.2, 0) is 9.84 Å². The first-order valence-corrected chi connectivity index (χ1v) is 11.2. The Kier molecular flexibility index (Phi) is 5.42. The van der Waals surface area contributed by atoms with Gasteiger partial charge in [0.15, 0.2) is 9.84 Å². The zero-order valence-electron chi connectivity index (χ0n) is 16.7. The van der Waals surface area contributed by atoms with Gasteiger partial charge in [0.25, 0.3) is 0 Å². The fraction of sp³-hybridized carbons (Fsp3) is 0.500. The highest BCUT2D eigenvalue weighted by molar-refractivity contribution is 7.90. The van der Waals surface area contributed by atoms with Gasteiger partial charge >= 0.3 is 0 Å². The lowest BCUT2D eigenvalue weighted by Crippen LogP contribution is -2.56. The molecule has 3 rings (SSSR count). The van der Waals surface area contributed by atoms with Gasteiger partial charge in [0, 0.05) is 43.0 Å². The number of nitrogens with zero attached hydrogens (tertiary/aromatic N) is 4. The third kappa shape index (κ3) is 4.40. The van der Waals surface area contributed by atoms with Crippen LogP contribution in [0.3, 0.4) is 0 Å². The maximum absolute atomic E-state index is 11.9. The molecular formula is C20H28N4O2S. The average Bonchev–Trinajstić information content (AvgIpc) is 2.59. The molecule has 0 bridgehead atoms. The quantitative estimate of drug-likeness (QED) is 0.802. The number of hydrogen-bond donors (Lipinski definition) is 0. The predicted molar refractivity (Wildman–Crippen MR) is 109 cm³/mol. The average molecular weight is 389 g/mol. The van der Waals surface area contributed by atoms with Crippen LogP contribution < -0.4 is 9.80 Å². The van der Waals surface area contributed by atoms with Gasteiger partial charge < -0.3 is 9.80 Å². The summed E-state index contributed by atoms with van der Waals surface area (Å²) < 4.78 is 23.8. The molecule has 1 aromatic heterocycles. The number of sulfone groups is 1. The molecule has 1 aliphatic rings. The van der Waals surface area contributed by atoms with E-state index in [2.05, 4.69) is 33.6 Å². The van der Waals surface area contributed by atoms with Crippen molar-refractivity contribution in [3.63, 3.8) is 0 Å². The third-order valence-corrected chi connectivity index (χ3v) is 6.14. The molecule has 1 aromatic carbocycles.